The molecule has 27 heavy (non-hydrogen) atoms. The number of halogens is 5. The zero-order valence-electron chi connectivity index (χ0n) is 12.6. The predicted octanol–water partition coefficient (Wildman–Crippen LogP) is 4.34. The summed E-state index contributed by atoms with van der Waals surface area (Å²) < 4.78 is 55.1. The van der Waals surface area contributed by atoms with Crippen molar-refractivity contribution in [3.8, 4) is 11.8 Å². The average molecular weight is 415 g/mol. The van der Waals surface area contributed by atoms with Crippen molar-refractivity contribution in [3.63, 3.8) is 0 Å². The van der Waals surface area contributed by atoms with Gasteiger partial charge in [-0.25, -0.2) is 5.21 Å². The molecule has 0 atom stereocenters. The Morgan fingerprint density at radius 1 is 1.22 bits per heavy atom. The van der Waals surface area contributed by atoms with Gasteiger partial charge in [-0.2, -0.15) is 22.8 Å². The van der Waals surface area contributed by atoms with Crippen molar-refractivity contribution in [1.82, 2.24) is 0 Å². The molecule has 0 saturated carbocycles. The molecule has 0 amide bonds. The Bertz CT molecular complexity index is 893. The van der Waals surface area contributed by atoms with Crippen LogP contribution in [0, 0.1) is 16.2 Å². The number of ether oxygens (including phenoxy) is 1. The van der Waals surface area contributed by atoms with Crippen LogP contribution in [0.4, 0.5) is 34.6 Å². The molecular weight excluding hydrogens is 405 g/mol. The third-order valence-electron chi connectivity index (χ3n) is 3.08. The molecule has 12 heteroatoms. The van der Waals surface area contributed by atoms with E-state index in [1.165, 1.54) is 30.3 Å². The van der Waals surface area contributed by atoms with E-state index >= 15 is 0 Å². The summed E-state index contributed by atoms with van der Waals surface area (Å²) in [5.41, 5.74) is -1.09. The van der Waals surface area contributed by atoms with E-state index < -0.39 is 33.9 Å². The average Bonchev–Trinajstić information content (AvgIpc) is 2.56. The molecule has 6 nitrogen and oxygen atoms in total. The van der Waals surface area contributed by atoms with E-state index in [2.05, 4.69) is 10.1 Å². The molecule has 138 valence electrons. The van der Waals surface area contributed by atoms with Gasteiger partial charge in [0, 0.05) is 0 Å². The predicted molar refractivity (Wildman–Crippen MR) is 89.7 cm³/mol. The number of para-hydroxylation sites is 2. The molecule has 0 spiro atoms. The number of hydrogen-bond acceptors (Lipinski definition) is 4. The molecule has 2 N–H and O–H groups in total. The molecule has 2 rings (SSSR count). The van der Waals surface area contributed by atoms with Crippen molar-refractivity contribution in [2.24, 2.45) is 0 Å². The fourth-order valence-corrected chi connectivity index (χ4v) is 2.21. The van der Waals surface area contributed by atoms with Gasteiger partial charge in [0.1, 0.15) is 22.5 Å². The molecule has 0 bridgehead atoms. The number of rotatable bonds is 6. The van der Waals surface area contributed by atoms with Crippen molar-refractivity contribution < 1.29 is 32.4 Å². The first-order valence-electron chi connectivity index (χ1n) is 6.77. The number of alkyl halides is 4. The molecule has 2 aromatic rings. The van der Waals surface area contributed by atoms with E-state index in [0.29, 0.717) is 0 Å². The monoisotopic (exact) mass is 414 g/mol. The summed E-state index contributed by atoms with van der Waals surface area (Å²) in [6, 6.07) is 8.92. The Labute approximate surface area is 177 Å². The molecule has 0 radical (unpaired) electrons. The van der Waals surface area contributed by atoms with E-state index in [1.54, 1.807) is 6.07 Å². The van der Waals surface area contributed by atoms with Crippen LogP contribution in [0.1, 0.15) is 5.56 Å². The van der Waals surface area contributed by atoms with Gasteiger partial charge in [-0.05, 0) is 24.3 Å². The molecule has 0 unspecified atom stereocenters. The second-order valence-corrected chi connectivity index (χ2v) is 5.17. The summed E-state index contributed by atoms with van der Waals surface area (Å²) in [4.78, 5) is 10.7. The number of nitrogens with one attached hydrogen (secondary N) is 1. The number of nitriles is 1. The maximum atomic E-state index is 13.2. The zero-order chi connectivity index (χ0) is 19.5. The number of anilines is 2. The fraction of sp³-hybridized carbons (Fsp3) is 0.133. The van der Waals surface area contributed by atoms with Crippen molar-refractivity contribution in [1.29, 1.82) is 5.26 Å². The second kappa shape index (κ2) is 9.23. The van der Waals surface area contributed by atoms with Crippen LogP contribution < -0.4 is 10.1 Å². The van der Waals surface area contributed by atoms with Gasteiger partial charge in [0.05, 0.1) is 16.2 Å². The molecule has 0 fully saturated rings. The third-order valence-corrected chi connectivity index (χ3v) is 3.47. The Hall–Kier alpha value is -2.06. The molecule has 0 aliphatic rings. The molecule has 0 aliphatic heterocycles. The van der Waals surface area contributed by atoms with Crippen LogP contribution in [0.3, 0.4) is 0 Å². The van der Waals surface area contributed by atoms with Gasteiger partial charge in [-0.1, -0.05) is 23.7 Å². The molecule has 0 saturated heterocycles. The minimum absolute atomic E-state index is 0. The van der Waals surface area contributed by atoms with Crippen molar-refractivity contribution in [2.45, 2.75) is 12.5 Å². The van der Waals surface area contributed by atoms with Crippen LogP contribution >= 0.6 is 11.6 Å². The standard InChI is InChI=1S/C15H9ClF4N3O3.Na.H/c16-12-8(7-21)5-6-10(13(12)23(24)25)22-9-3-1-2-4-11(9)26-15(19,20)14(17)18;;/h1-6,14,22H,(H,24,25);;/q+1;;. The van der Waals surface area contributed by atoms with Gasteiger partial charge in [-0.15, -0.1) is 0 Å². The van der Waals surface area contributed by atoms with Crippen LogP contribution in [0.25, 0.3) is 0 Å². The number of benzene rings is 2. The first-order valence-corrected chi connectivity index (χ1v) is 7.15. The Balaban J connectivity index is 0.00000364. The molecule has 2 aromatic carbocycles. The van der Waals surface area contributed by atoms with Crippen LogP contribution in [-0.2, 0) is 0 Å². The van der Waals surface area contributed by atoms with Crippen LogP contribution in [0.2, 0.25) is 5.02 Å². The summed E-state index contributed by atoms with van der Waals surface area (Å²) in [6.45, 7) is 0. The van der Waals surface area contributed by atoms with Crippen molar-refractivity contribution in [3.05, 3.63) is 51.9 Å². The summed E-state index contributed by atoms with van der Waals surface area (Å²) in [5, 5.41) is 20.2. The first kappa shape index (κ1) is 23.0. The van der Waals surface area contributed by atoms with E-state index in [9.17, 15) is 27.7 Å². The topological polar surface area (TPSA) is 85.4 Å². The number of nitrogens with zero attached hydrogens (tertiary/aromatic N) is 2. The van der Waals surface area contributed by atoms with Gasteiger partial charge in [-0.3, -0.25) is 0 Å². The van der Waals surface area contributed by atoms with Crippen molar-refractivity contribution in [2.75, 3.05) is 5.32 Å². The van der Waals surface area contributed by atoms with E-state index in [0.717, 1.165) is 6.07 Å². The van der Waals surface area contributed by atoms with Gasteiger partial charge < -0.3 is 10.1 Å². The third kappa shape index (κ3) is 5.23. The van der Waals surface area contributed by atoms with Gasteiger partial charge in [0.2, 0.25) is 0 Å². The Kier molecular flexibility index (Phi) is 7.86. The first-order chi connectivity index (χ1) is 12.2. The summed E-state index contributed by atoms with van der Waals surface area (Å²) in [5.74, 6) is -0.639. The number of hydrogen-bond donors (Lipinski definition) is 2. The fourth-order valence-electron chi connectivity index (χ4n) is 1.93. The summed E-state index contributed by atoms with van der Waals surface area (Å²) >= 11 is 5.85. The molecule has 0 heterocycles. The Morgan fingerprint density at radius 2 is 1.85 bits per heavy atom. The van der Waals surface area contributed by atoms with Gasteiger partial charge in [0.15, 0.2) is 0 Å². The molecule has 0 aliphatic carbocycles. The van der Waals surface area contributed by atoms with E-state index in [4.69, 9.17) is 16.9 Å². The molecular formula is C15H10ClF4N3NaO3+. The minimum atomic E-state index is -4.75. The normalized spacial score (nSPS) is 10.7. The summed E-state index contributed by atoms with van der Waals surface area (Å²) in [6.07, 6.45) is -8.81. The maximum absolute atomic E-state index is 13.2. The molecule has 0 aromatic heterocycles. The Morgan fingerprint density at radius 3 is 2.41 bits per heavy atom. The van der Waals surface area contributed by atoms with E-state index in [-0.39, 0.29) is 46.5 Å². The van der Waals surface area contributed by atoms with Crippen LogP contribution in [-0.4, -0.2) is 52.2 Å². The second-order valence-electron chi connectivity index (χ2n) is 4.79. The summed E-state index contributed by atoms with van der Waals surface area (Å²) in [7, 11) is 0. The quantitative estimate of drug-likeness (QED) is 0.417. The van der Waals surface area contributed by atoms with E-state index in [1.807, 2.05) is 0 Å². The van der Waals surface area contributed by atoms with Crippen LogP contribution in [0.15, 0.2) is 36.4 Å². The van der Waals surface area contributed by atoms with Crippen molar-refractivity contribution >= 4 is 58.2 Å². The van der Waals surface area contributed by atoms with Crippen LogP contribution in [0.5, 0.6) is 5.75 Å². The van der Waals surface area contributed by atoms with Gasteiger partial charge in [0.25, 0.3) is 4.92 Å². The zero-order valence-corrected chi connectivity index (χ0v) is 13.3. The van der Waals surface area contributed by atoms with Gasteiger partial charge >= 0.3 is 47.8 Å². The SMILES string of the molecule is N#Cc1ccc(Nc2ccccc2OC(F)(F)C(F)F)c([N+](=O)O)c1Cl.[NaH].